The number of para-hydroxylation sites is 1. The van der Waals surface area contributed by atoms with E-state index in [0.717, 1.165) is 66.0 Å². The molecule has 1 aromatic heterocycles. The van der Waals surface area contributed by atoms with Gasteiger partial charge in [-0.3, -0.25) is 14.6 Å². The normalized spacial score (nSPS) is 25.5. The van der Waals surface area contributed by atoms with E-state index in [-0.39, 0.29) is 30.9 Å². The minimum absolute atomic E-state index is 0.0704. The van der Waals surface area contributed by atoms with Crippen molar-refractivity contribution in [3.8, 4) is 0 Å². The van der Waals surface area contributed by atoms with E-state index in [0.29, 0.717) is 18.3 Å². The zero-order valence-corrected chi connectivity index (χ0v) is 25.8. The van der Waals surface area contributed by atoms with Crippen molar-refractivity contribution in [1.29, 1.82) is 0 Å². The minimum atomic E-state index is -1.32. The third-order valence-electron chi connectivity index (χ3n) is 10.0. The first-order valence-electron chi connectivity index (χ1n) is 16.3. The fraction of sp³-hybridized carbons (Fsp3) is 0.500. The molecule has 232 valence electrons. The number of nitrogens with one attached hydrogen (secondary N) is 3. The van der Waals surface area contributed by atoms with Crippen molar-refractivity contribution in [3.05, 3.63) is 78.0 Å². The summed E-state index contributed by atoms with van der Waals surface area (Å²) in [4.78, 5) is 44.8. The predicted molar refractivity (Wildman–Crippen MR) is 170 cm³/mol. The summed E-state index contributed by atoms with van der Waals surface area (Å²) < 4.78 is 6.17. The number of ether oxygens (including phenoxy) is 1. The van der Waals surface area contributed by atoms with Gasteiger partial charge in [-0.1, -0.05) is 55.5 Å². The Kier molecular flexibility index (Phi) is 8.87. The molecule has 1 heterocycles. The summed E-state index contributed by atoms with van der Waals surface area (Å²) >= 11 is 0. The van der Waals surface area contributed by atoms with Crippen LogP contribution in [0.15, 0.2) is 66.9 Å². The Bertz CT molecular complexity index is 1460. The van der Waals surface area contributed by atoms with E-state index in [1.165, 1.54) is 6.42 Å². The second kappa shape index (κ2) is 13.0. The fourth-order valence-electron chi connectivity index (χ4n) is 8.14. The summed E-state index contributed by atoms with van der Waals surface area (Å²) in [5.74, 6) is 1.96. The minimum Gasteiger partial charge on any atom is -0.446 e. The maximum Gasteiger partial charge on any atom is 0.408 e. The van der Waals surface area contributed by atoms with Crippen LogP contribution in [0.25, 0.3) is 10.9 Å². The third-order valence-corrected chi connectivity index (χ3v) is 10.0. The number of benzene rings is 2. The van der Waals surface area contributed by atoms with Crippen molar-refractivity contribution < 1.29 is 19.1 Å². The molecule has 8 nitrogen and oxygen atoms in total. The molecular formula is C36H44N4O4. The highest BCUT2D eigenvalue weighted by Crippen LogP contribution is 2.54. The van der Waals surface area contributed by atoms with Crippen molar-refractivity contribution in [2.75, 3.05) is 6.54 Å². The molecule has 3 amide bonds. The van der Waals surface area contributed by atoms with Gasteiger partial charge in [0.2, 0.25) is 11.8 Å². The van der Waals surface area contributed by atoms with Gasteiger partial charge in [0.15, 0.2) is 0 Å². The van der Waals surface area contributed by atoms with E-state index in [1.54, 1.807) is 13.1 Å². The summed E-state index contributed by atoms with van der Waals surface area (Å²) in [6, 6.07) is 18.9. The van der Waals surface area contributed by atoms with Gasteiger partial charge in [-0.25, -0.2) is 4.79 Å². The third kappa shape index (κ3) is 6.59. The van der Waals surface area contributed by atoms with Crippen LogP contribution in [-0.2, 0) is 20.7 Å². The molecular weight excluding hydrogens is 552 g/mol. The molecule has 2 unspecified atom stereocenters. The van der Waals surface area contributed by atoms with Crippen LogP contribution in [0, 0.1) is 23.7 Å². The monoisotopic (exact) mass is 596 g/mol. The number of carbonyl (C=O) groups excluding carboxylic acids is 3. The molecule has 0 radical (unpaired) electrons. The smallest absolute Gasteiger partial charge is 0.408 e. The first-order valence-corrected chi connectivity index (χ1v) is 16.3. The lowest BCUT2D eigenvalue weighted by atomic mass is 9.55. The van der Waals surface area contributed by atoms with E-state index < -0.39 is 17.7 Å². The number of aromatic nitrogens is 1. The van der Waals surface area contributed by atoms with E-state index in [1.807, 2.05) is 67.6 Å². The summed E-state index contributed by atoms with van der Waals surface area (Å²) in [5, 5.41) is 10.1. The Balaban J connectivity index is 1.22. The average molecular weight is 597 g/mol. The maximum atomic E-state index is 14.1. The van der Waals surface area contributed by atoms with Crippen molar-refractivity contribution in [3.63, 3.8) is 0 Å². The van der Waals surface area contributed by atoms with Gasteiger partial charge in [-0.15, -0.1) is 0 Å². The summed E-state index contributed by atoms with van der Waals surface area (Å²) in [5.41, 5.74) is 1.31. The Morgan fingerprint density at radius 2 is 1.61 bits per heavy atom. The number of fused-ring (bicyclic) bond motifs is 1. The van der Waals surface area contributed by atoms with Crippen molar-refractivity contribution >= 4 is 28.8 Å². The first kappa shape index (κ1) is 30.1. The molecule has 4 aliphatic rings. The summed E-state index contributed by atoms with van der Waals surface area (Å²) in [7, 11) is 0. The second-order valence-electron chi connectivity index (χ2n) is 13.4. The molecule has 2 atom stereocenters. The molecule has 7 rings (SSSR count). The summed E-state index contributed by atoms with van der Waals surface area (Å²) in [6.45, 7) is 3.89. The van der Waals surface area contributed by atoms with Crippen LogP contribution in [0.3, 0.4) is 0 Å². The lowest BCUT2D eigenvalue weighted by Gasteiger charge is -2.53. The number of rotatable bonds is 11. The standard InChI is InChI=1S/C36H44N4O4/c1-3-9-32(41)39-31(25-10-5-4-6-11-25)22-38-34(42)36(2,21-26-14-15-37-30-13-8-7-12-29(26)30)40-35(43)44-33-27-17-23-16-24(19-27)20-28(33)18-23/h4-8,10-15,23-24,27-28,31,33H,3,9,16-22H2,1-2H3,(H,38,42)(H,39,41)(H,40,43). The molecule has 4 saturated carbocycles. The lowest BCUT2D eigenvalue weighted by molar-refractivity contribution is -0.128. The Labute approximate surface area is 259 Å². The van der Waals surface area contributed by atoms with Gasteiger partial charge in [-0.2, -0.15) is 0 Å². The van der Waals surface area contributed by atoms with E-state index in [2.05, 4.69) is 20.9 Å². The molecule has 3 aromatic rings. The van der Waals surface area contributed by atoms with Gasteiger partial charge < -0.3 is 20.7 Å². The van der Waals surface area contributed by atoms with Crippen LogP contribution in [0.2, 0.25) is 0 Å². The van der Waals surface area contributed by atoms with Crippen molar-refractivity contribution in [2.24, 2.45) is 23.7 Å². The predicted octanol–water partition coefficient (Wildman–Crippen LogP) is 5.86. The highest BCUT2D eigenvalue weighted by Gasteiger charge is 2.50. The van der Waals surface area contributed by atoms with Crippen LogP contribution in [-0.4, -0.2) is 41.1 Å². The number of hydrogen-bond donors (Lipinski definition) is 3. The first-order chi connectivity index (χ1) is 21.3. The molecule has 0 aliphatic heterocycles. The topological polar surface area (TPSA) is 109 Å². The van der Waals surface area contributed by atoms with Gasteiger partial charge in [0.05, 0.1) is 11.6 Å². The number of carbonyl (C=O) groups is 3. The number of pyridine rings is 1. The largest absolute Gasteiger partial charge is 0.446 e. The van der Waals surface area contributed by atoms with Gasteiger partial charge in [0, 0.05) is 31.0 Å². The van der Waals surface area contributed by atoms with E-state index in [9.17, 15) is 14.4 Å². The zero-order valence-electron chi connectivity index (χ0n) is 25.8. The van der Waals surface area contributed by atoms with Crippen molar-refractivity contribution in [1.82, 2.24) is 20.9 Å². The molecule has 44 heavy (non-hydrogen) atoms. The van der Waals surface area contributed by atoms with E-state index in [4.69, 9.17) is 4.74 Å². The second-order valence-corrected chi connectivity index (χ2v) is 13.4. The van der Waals surface area contributed by atoms with Crippen LogP contribution in [0.1, 0.15) is 76.0 Å². The number of amides is 3. The summed E-state index contributed by atoms with van der Waals surface area (Å²) in [6.07, 6.45) is 8.35. The molecule has 2 aromatic carbocycles. The van der Waals surface area contributed by atoms with Crippen LogP contribution in [0.5, 0.6) is 0 Å². The van der Waals surface area contributed by atoms with Gasteiger partial charge in [0.1, 0.15) is 11.6 Å². The molecule has 4 bridgehead atoms. The maximum absolute atomic E-state index is 14.1. The molecule has 0 spiro atoms. The number of alkyl carbamates (subject to hydrolysis) is 1. The number of nitrogens with zero attached hydrogens (tertiary/aromatic N) is 1. The van der Waals surface area contributed by atoms with E-state index >= 15 is 0 Å². The fourth-order valence-corrected chi connectivity index (χ4v) is 8.14. The zero-order chi connectivity index (χ0) is 30.7. The van der Waals surface area contributed by atoms with Gasteiger partial charge in [-0.05, 0) is 92.4 Å². The highest BCUT2D eigenvalue weighted by atomic mass is 16.6. The van der Waals surface area contributed by atoms with Crippen LogP contribution < -0.4 is 16.0 Å². The quantitative estimate of drug-likeness (QED) is 0.257. The van der Waals surface area contributed by atoms with Crippen LogP contribution in [0.4, 0.5) is 4.79 Å². The van der Waals surface area contributed by atoms with Crippen molar-refractivity contribution in [2.45, 2.75) is 82.9 Å². The van der Waals surface area contributed by atoms with Crippen LogP contribution >= 0.6 is 0 Å². The molecule has 4 aliphatic carbocycles. The SMILES string of the molecule is CCCC(=O)NC(CNC(=O)C(C)(Cc1ccnc2ccccc12)NC(=O)OC1C2CC3CC(C2)CC1C3)c1ccccc1. The molecule has 0 saturated heterocycles. The van der Waals surface area contributed by atoms with Gasteiger partial charge in [0.25, 0.3) is 0 Å². The number of hydrogen-bond acceptors (Lipinski definition) is 5. The Hall–Kier alpha value is -3.94. The molecule has 8 heteroatoms. The molecule has 3 N–H and O–H groups in total. The van der Waals surface area contributed by atoms with Gasteiger partial charge >= 0.3 is 6.09 Å². The Morgan fingerprint density at radius 1 is 0.932 bits per heavy atom. The molecule has 4 fully saturated rings. The average Bonchev–Trinajstić information content (AvgIpc) is 3.01. The highest BCUT2D eigenvalue weighted by molar-refractivity contribution is 5.91. The lowest BCUT2D eigenvalue weighted by Crippen LogP contribution is -2.60. The Morgan fingerprint density at radius 3 is 2.32 bits per heavy atom.